The maximum atomic E-state index is 13.6. The average Bonchev–Trinajstić information content (AvgIpc) is 3.35. The van der Waals surface area contributed by atoms with Crippen LogP contribution in [-0.2, 0) is 6.42 Å². The van der Waals surface area contributed by atoms with Gasteiger partial charge < -0.3 is 0 Å². The zero-order valence-electron chi connectivity index (χ0n) is 18.7. The molecule has 0 saturated carbocycles. The van der Waals surface area contributed by atoms with Crippen LogP contribution >= 0.6 is 0 Å². The van der Waals surface area contributed by atoms with E-state index in [1.165, 1.54) is 12.1 Å². The number of pyridine rings is 1. The summed E-state index contributed by atoms with van der Waals surface area (Å²) in [4.78, 5) is 4.69. The second kappa shape index (κ2) is 9.59. The van der Waals surface area contributed by atoms with Crippen molar-refractivity contribution in [1.29, 1.82) is 10.5 Å². The molecule has 0 radical (unpaired) electrons. The van der Waals surface area contributed by atoms with Gasteiger partial charge in [-0.25, -0.2) is 9.07 Å². The van der Waals surface area contributed by atoms with Gasteiger partial charge in [0.25, 0.3) is 0 Å². The second-order valence-electron chi connectivity index (χ2n) is 8.27. The molecule has 0 aliphatic carbocycles. The first-order valence-electron chi connectivity index (χ1n) is 11.2. The molecular formula is C29H20FN5. The Morgan fingerprint density at radius 3 is 2.29 bits per heavy atom. The minimum atomic E-state index is -0.906. The van der Waals surface area contributed by atoms with Crippen molar-refractivity contribution in [3.63, 3.8) is 0 Å². The molecule has 0 saturated heterocycles. The first-order chi connectivity index (χ1) is 17.2. The molecule has 0 amide bonds. The maximum absolute atomic E-state index is 13.6. The molecule has 5 rings (SSSR count). The van der Waals surface area contributed by atoms with E-state index in [4.69, 9.17) is 5.10 Å². The highest BCUT2D eigenvalue weighted by Gasteiger charge is 2.29. The Morgan fingerprint density at radius 2 is 1.57 bits per heavy atom. The summed E-state index contributed by atoms with van der Waals surface area (Å²) in [5.74, 6) is -1.69. The van der Waals surface area contributed by atoms with Gasteiger partial charge in [-0.2, -0.15) is 15.6 Å². The lowest BCUT2D eigenvalue weighted by atomic mass is 9.83. The molecule has 1 unspecified atom stereocenters. The Labute approximate surface area is 202 Å². The van der Waals surface area contributed by atoms with E-state index < -0.39 is 11.8 Å². The van der Waals surface area contributed by atoms with E-state index in [0.717, 1.165) is 28.2 Å². The molecule has 5 aromatic rings. The molecule has 168 valence electrons. The number of hydrogen-bond donors (Lipinski definition) is 0. The number of nitrogens with zero attached hydrogens (tertiary/aromatic N) is 5. The van der Waals surface area contributed by atoms with Crippen molar-refractivity contribution in [1.82, 2.24) is 14.8 Å². The predicted octanol–water partition coefficient (Wildman–Crippen LogP) is 6.22. The van der Waals surface area contributed by atoms with Gasteiger partial charge in [0.15, 0.2) is 0 Å². The highest BCUT2D eigenvalue weighted by atomic mass is 19.1. The van der Waals surface area contributed by atoms with Crippen molar-refractivity contribution in [2.75, 3.05) is 0 Å². The SMILES string of the molecule is N#CC(C#N)C(Cc1ccc2cc(F)ccc2n1)c1cn(-c2ccccc2)nc1-c1ccccc1. The number of aromatic nitrogens is 3. The molecule has 1 atom stereocenters. The van der Waals surface area contributed by atoms with Crippen LogP contribution in [0.4, 0.5) is 4.39 Å². The van der Waals surface area contributed by atoms with E-state index in [2.05, 4.69) is 17.1 Å². The molecule has 0 aliphatic rings. The third kappa shape index (κ3) is 4.51. The van der Waals surface area contributed by atoms with Gasteiger partial charge >= 0.3 is 0 Å². The monoisotopic (exact) mass is 457 g/mol. The number of rotatable bonds is 6. The Hall–Kier alpha value is -4.81. The van der Waals surface area contributed by atoms with Gasteiger partial charge in [0.2, 0.25) is 0 Å². The lowest BCUT2D eigenvalue weighted by Gasteiger charge is -2.18. The van der Waals surface area contributed by atoms with Gasteiger partial charge in [-0.1, -0.05) is 54.6 Å². The first-order valence-corrected chi connectivity index (χ1v) is 11.2. The molecule has 0 bridgehead atoms. The predicted molar refractivity (Wildman–Crippen MR) is 132 cm³/mol. The van der Waals surface area contributed by atoms with E-state index in [1.54, 1.807) is 10.7 Å². The van der Waals surface area contributed by atoms with Crippen molar-refractivity contribution < 1.29 is 4.39 Å². The van der Waals surface area contributed by atoms with Gasteiger partial charge in [-0.15, -0.1) is 0 Å². The molecule has 6 heteroatoms. The van der Waals surface area contributed by atoms with Crippen LogP contribution in [0.2, 0.25) is 0 Å². The zero-order valence-corrected chi connectivity index (χ0v) is 18.7. The van der Waals surface area contributed by atoms with Crippen molar-refractivity contribution >= 4 is 10.9 Å². The Morgan fingerprint density at radius 1 is 0.857 bits per heavy atom. The highest BCUT2D eigenvalue weighted by molar-refractivity contribution is 5.78. The summed E-state index contributed by atoms with van der Waals surface area (Å²) >= 11 is 0. The fourth-order valence-electron chi connectivity index (χ4n) is 4.29. The Kier molecular flexibility index (Phi) is 6.03. The van der Waals surface area contributed by atoms with Crippen LogP contribution in [0.15, 0.2) is 97.2 Å². The zero-order chi connectivity index (χ0) is 24.2. The molecule has 5 nitrogen and oxygen atoms in total. The molecule has 2 aromatic heterocycles. The van der Waals surface area contributed by atoms with Gasteiger partial charge in [0.1, 0.15) is 11.7 Å². The minimum Gasteiger partial charge on any atom is -0.253 e. The largest absolute Gasteiger partial charge is 0.253 e. The molecule has 0 fully saturated rings. The number of para-hydroxylation sites is 1. The number of nitriles is 2. The van der Waals surface area contributed by atoms with Crippen molar-refractivity contribution in [3.8, 4) is 29.1 Å². The van der Waals surface area contributed by atoms with E-state index >= 15 is 0 Å². The van der Waals surface area contributed by atoms with Crippen LogP contribution in [-0.4, -0.2) is 14.8 Å². The molecule has 0 N–H and O–H groups in total. The summed E-state index contributed by atoms with van der Waals surface area (Å²) in [5.41, 5.74) is 4.68. The first kappa shape index (κ1) is 22.0. The van der Waals surface area contributed by atoms with Crippen LogP contribution in [0, 0.1) is 34.4 Å². The minimum absolute atomic E-state index is 0.320. The van der Waals surface area contributed by atoms with Crippen LogP contribution in [0.25, 0.3) is 27.8 Å². The van der Waals surface area contributed by atoms with E-state index in [-0.39, 0.29) is 5.82 Å². The second-order valence-corrected chi connectivity index (χ2v) is 8.27. The van der Waals surface area contributed by atoms with Crippen LogP contribution in [0.1, 0.15) is 17.2 Å². The van der Waals surface area contributed by atoms with Crippen molar-refractivity contribution in [3.05, 3.63) is 114 Å². The number of fused-ring (bicyclic) bond motifs is 1. The number of halogens is 1. The van der Waals surface area contributed by atoms with E-state index in [0.29, 0.717) is 17.3 Å². The van der Waals surface area contributed by atoms with Gasteiger partial charge in [0, 0.05) is 34.3 Å². The molecule has 3 aromatic carbocycles. The number of benzene rings is 3. The van der Waals surface area contributed by atoms with Crippen LogP contribution in [0.5, 0.6) is 0 Å². The molecule has 35 heavy (non-hydrogen) atoms. The number of hydrogen-bond acceptors (Lipinski definition) is 4. The summed E-state index contributed by atoms with van der Waals surface area (Å²) < 4.78 is 15.4. The van der Waals surface area contributed by atoms with Crippen molar-refractivity contribution in [2.45, 2.75) is 12.3 Å². The Balaban J connectivity index is 1.64. The van der Waals surface area contributed by atoms with Crippen LogP contribution in [0.3, 0.4) is 0 Å². The van der Waals surface area contributed by atoms with E-state index in [1.807, 2.05) is 79.0 Å². The third-order valence-electron chi connectivity index (χ3n) is 6.03. The quantitative estimate of drug-likeness (QED) is 0.303. The van der Waals surface area contributed by atoms with Crippen LogP contribution < -0.4 is 0 Å². The highest BCUT2D eigenvalue weighted by Crippen LogP contribution is 2.36. The normalized spacial score (nSPS) is 11.8. The fraction of sp³-hybridized carbons (Fsp3) is 0.103. The smallest absolute Gasteiger partial charge is 0.140 e. The molecule has 0 aliphatic heterocycles. The van der Waals surface area contributed by atoms with Crippen molar-refractivity contribution in [2.24, 2.45) is 5.92 Å². The molecule has 2 heterocycles. The van der Waals surface area contributed by atoms with Gasteiger partial charge in [-0.3, -0.25) is 4.98 Å². The summed E-state index contributed by atoms with van der Waals surface area (Å²) in [5, 5.41) is 25.3. The average molecular weight is 458 g/mol. The van der Waals surface area contributed by atoms with Gasteiger partial charge in [0.05, 0.1) is 29.0 Å². The topological polar surface area (TPSA) is 78.3 Å². The lowest BCUT2D eigenvalue weighted by Crippen LogP contribution is -2.14. The fourth-order valence-corrected chi connectivity index (χ4v) is 4.29. The van der Waals surface area contributed by atoms with E-state index in [9.17, 15) is 14.9 Å². The summed E-state index contributed by atoms with van der Waals surface area (Å²) in [6, 6.07) is 31.9. The summed E-state index contributed by atoms with van der Waals surface area (Å²) in [6.07, 6.45) is 2.26. The Bertz CT molecular complexity index is 1550. The lowest BCUT2D eigenvalue weighted by molar-refractivity contribution is 0.601. The van der Waals surface area contributed by atoms with Gasteiger partial charge in [-0.05, 0) is 42.8 Å². The maximum Gasteiger partial charge on any atom is 0.140 e. The summed E-state index contributed by atoms with van der Waals surface area (Å²) in [6.45, 7) is 0. The third-order valence-corrected chi connectivity index (χ3v) is 6.03. The molecule has 0 spiro atoms. The summed E-state index contributed by atoms with van der Waals surface area (Å²) in [7, 11) is 0. The molecular weight excluding hydrogens is 437 g/mol. The standard InChI is InChI=1S/C29H20FN5/c30-23-12-14-28-21(15-23)11-13-24(33-28)16-26(22(17-31)18-32)27-19-35(25-9-5-2-6-10-25)34-29(27)20-7-3-1-4-8-20/h1-15,19,22,26H,16H2.